The number of rotatable bonds is 2. The lowest BCUT2D eigenvalue weighted by Crippen LogP contribution is -2.10. The molecular formula is C12H15N5. The van der Waals surface area contributed by atoms with E-state index >= 15 is 0 Å². The van der Waals surface area contributed by atoms with Crippen molar-refractivity contribution in [3.8, 4) is 11.1 Å². The van der Waals surface area contributed by atoms with Gasteiger partial charge in [-0.05, 0) is 23.8 Å². The number of benzene rings is 2. The van der Waals surface area contributed by atoms with E-state index in [0.29, 0.717) is 22.7 Å². The predicted molar refractivity (Wildman–Crippen MR) is 72.9 cm³/mol. The Morgan fingerprint density at radius 1 is 0.765 bits per heavy atom. The van der Waals surface area contributed by atoms with E-state index in [4.69, 9.17) is 23.0 Å². The number of hydrogen-bond donors (Lipinski definition) is 5. The van der Waals surface area contributed by atoms with Crippen LogP contribution in [0, 0.1) is 0 Å². The third kappa shape index (κ3) is 1.95. The molecule has 0 spiro atoms. The average Bonchev–Trinajstić information content (AvgIpc) is 2.34. The zero-order valence-corrected chi connectivity index (χ0v) is 9.27. The maximum atomic E-state index is 5.98. The van der Waals surface area contributed by atoms with Crippen molar-refractivity contribution in [2.24, 2.45) is 5.84 Å². The summed E-state index contributed by atoms with van der Waals surface area (Å²) in [6.45, 7) is 0. The largest absolute Gasteiger partial charge is 0.399 e. The normalized spacial score (nSPS) is 10.2. The summed E-state index contributed by atoms with van der Waals surface area (Å²) >= 11 is 0. The highest BCUT2D eigenvalue weighted by molar-refractivity contribution is 5.91. The van der Waals surface area contributed by atoms with Gasteiger partial charge in [0.2, 0.25) is 0 Å². The van der Waals surface area contributed by atoms with Gasteiger partial charge in [0.15, 0.2) is 0 Å². The van der Waals surface area contributed by atoms with Crippen molar-refractivity contribution in [3.63, 3.8) is 0 Å². The zero-order valence-electron chi connectivity index (χ0n) is 9.27. The van der Waals surface area contributed by atoms with Crippen molar-refractivity contribution in [2.45, 2.75) is 0 Å². The first-order valence-corrected chi connectivity index (χ1v) is 5.14. The minimum Gasteiger partial charge on any atom is -0.399 e. The molecule has 0 aliphatic heterocycles. The van der Waals surface area contributed by atoms with Gasteiger partial charge in [0.25, 0.3) is 0 Å². The summed E-state index contributed by atoms with van der Waals surface area (Å²) in [6.07, 6.45) is 0. The third-order valence-corrected chi connectivity index (χ3v) is 2.66. The molecule has 5 nitrogen and oxygen atoms in total. The highest BCUT2D eigenvalue weighted by atomic mass is 15.2. The fourth-order valence-corrected chi connectivity index (χ4v) is 1.68. The van der Waals surface area contributed by atoms with E-state index in [-0.39, 0.29) is 0 Å². The molecule has 0 radical (unpaired) electrons. The Bertz CT molecular complexity index is 533. The van der Waals surface area contributed by atoms with Crippen molar-refractivity contribution in [1.82, 2.24) is 0 Å². The molecule has 5 heteroatoms. The quantitative estimate of drug-likeness (QED) is 0.303. The van der Waals surface area contributed by atoms with E-state index in [1.54, 1.807) is 6.07 Å². The van der Waals surface area contributed by atoms with Crippen LogP contribution in [0.4, 0.5) is 22.7 Å². The van der Waals surface area contributed by atoms with Crippen LogP contribution < -0.4 is 28.5 Å². The topological polar surface area (TPSA) is 116 Å². The van der Waals surface area contributed by atoms with E-state index in [2.05, 4.69) is 5.43 Å². The summed E-state index contributed by atoms with van der Waals surface area (Å²) in [5.74, 6) is 5.33. The summed E-state index contributed by atoms with van der Waals surface area (Å²) in [6, 6.07) is 11.1. The molecule has 88 valence electrons. The predicted octanol–water partition coefficient (Wildman–Crippen LogP) is 1.39. The summed E-state index contributed by atoms with van der Waals surface area (Å²) in [4.78, 5) is 0. The van der Waals surface area contributed by atoms with Crippen LogP contribution in [0.3, 0.4) is 0 Å². The highest BCUT2D eigenvalue weighted by Gasteiger charge is 2.08. The Morgan fingerprint density at radius 3 is 2.00 bits per heavy atom. The minimum atomic E-state index is 0.446. The van der Waals surface area contributed by atoms with Crippen LogP contribution in [-0.2, 0) is 0 Å². The van der Waals surface area contributed by atoms with Gasteiger partial charge >= 0.3 is 0 Å². The molecule has 0 saturated carbocycles. The molecule has 9 N–H and O–H groups in total. The monoisotopic (exact) mass is 229 g/mol. The van der Waals surface area contributed by atoms with E-state index in [1.807, 2.05) is 30.3 Å². The van der Waals surface area contributed by atoms with Crippen LogP contribution in [0.5, 0.6) is 0 Å². The number of anilines is 4. The van der Waals surface area contributed by atoms with Crippen LogP contribution in [0.25, 0.3) is 11.1 Å². The molecule has 0 aliphatic carbocycles. The highest BCUT2D eigenvalue weighted by Crippen LogP contribution is 2.34. The first-order valence-electron chi connectivity index (χ1n) is 5.14. The molecule has 0 unspecified atom stereocenters. The van der Waals surface area contributed by atoms with Gasteiger partial charge in [0, 0.05) is 11.3 Å². The Hall–Kier alpha value is -2.40. The maximum Gasteiger partial charge on any atom is 0.0803 e. The van der Waals surface area contributed by atoms with E-state index < -0.39 is 0 Å². The molecule has 0 atom stereocenters. The van der Waals surface area contributed by atoms with Crippen molar-refractivity contribution < 1.29 is 0 Å². The number of hydrazine groups is 1. The lowest BCUT2D eigenvalue weighted by Gasteiger charge is -2.12. The minimum absolute atomic E-state index is 0.446. The Morgan fingerprint density at radius 2 is 1.41 bits per heavy atom. The molecular weight excluding hydrogens is 214 g/mol. The molecule has 0 heterocycles. The van der Waals surface area contributed by atoms with Gasteiger partial charge in [-0.1, -0.05) is 18.2 Å². The maximum absolute atomic E-state index is 5.98. The molecule has 0 amide bonds. The van der Waals surface area contributed by atoms with Crippen molar-refractivity contribution in [2.75, 3.05) is 22.6 Å². The molecule has 2 rings (SSSR count). The smallest absolute Gasteiger partial charge is 0.0803 e. The van der Waals surface area contributed by atoms with Crippen molar-refractivity contribution in [1.29, 1.82) is 0 Å². The van der Waals surface area contributed by atoms with E-state index in [1.165, 1.54) is 0 Å². The summed E-state index contributed by atoms with van der Waals surface area (Å²) < 4.78 is 0. The first kappa shape index (κ1) is 11.1. The molecule has 0 aromatic heterocycles. The van der Waals surface area contributed by atoms with E-state index in [9.17, 15) is 0 Å². The fourth-order valence-electron chi connectivity index (χ4n) is 1.68. The van der Waals surface area contributed by atoms with Crippen LogP contribution >= 0.6 is 0 Å². The van der Waals surface area contributed by atoms with Gasteiger partial charge in [-0.15, -0.1) is 0 Å². The number of nitrogens with one attached hydrogen (secondary N) is 1. The van der Waals surface area contributed by atoms with Crippen LogP contribution in [-0.4, -0.2) is 0 Å². The molecule has 0 saturated heterocycles. The lowest BCUT2D eigenvalue weighted by molar-refractivity contribution is 1.35. The van der Waals surface area contributed by atoms with Crippen molar-refractivity contribution in [3.05, 3.63) is 36.4 Å². The zero-order chi connectivity index (χ0) is 12.4. The number of hydrogen-bond acceptors (Lipinski definition) is 5. The number of nitrogens with two attached hydrogens (primary N) is 4. The molecule has 0 bridgehead atoms. The second kappa shape index (κ2) is 4.23. The second-order valence-corrected chi connectivity index (χ2v) is 3.75. The van der Waals surface area contributed by atoms with Gasteiger partial charge in [0.05, 0.1) is 17.1 Å². The summed E-state index contributed by atoms with van der Waals surface area (Å²) in [5.41, 5.74) is 24.1. The number of nitrogen functional groups attached to an aromatic ring is 4. The van der Waals surface area contributed by atoms with Gasteiger partial charge < -0.3 is 22.6 Å². The second-order valence-electron chi connectivity index (χ2n) is 3.75. The Labute approximate surface area is 99.4 Å². The molecule has 2 aromatic rings. The molecule has 17 heavy (non-hydrogen) atoms. The van der Waals surface area contributed by atoms with Gasteiger partial charge in [-0.2, -0.15) is 0 Å². The third-order valence-electron chi connectivity index (χ3n) is 2.66. The standard InChI is InChI=1S/C12H15N5/c13-8-3-1-7(2-4-8)9-5-6-10(17-16)12(15)11(9)14/h1-6,17H,13-16H2. The summed E-state index contributed by atoms with van der Waals surface area (Å²) in [5, 5.41) is 0. The van der Waals surface area contributed by atoms with Crippen LogP contribution in [0.2, 0.25) is 0 Å². The summed E-state index contributed by atoms with van der Waals surface area (Å²) in [7, 11) is 0. The average molecular weight is 229 g/mol. The molecule has 0 fully saturated rings. The molecule has 2 aromatic carbocycles. The van der Waals surface area contributed by atoms with Crippen molar-refractivity contribution >= 4 is 22.7 Å². The lowest BCUT2D eigenvalue weighted by atomic mass is 10.0. The first-order chi connectivity index (χ1) is 8.13. The van der Waals surface area contributed by atoms with Gasteiger partial charge in [-0.3, -0.25) is 5.84 Å². The van der Waals surface area contributed by atoms with Gasteiger partial charge in [0.1, 0.15) is 0 Å². The SMILES string of the molecule is NNc1ccc(-c2ccc(N)cc2)c(N)c1N. The Kier molecular flexibility index (Phi) is 2.76. The van der Waals surface area contributed by atoms with Gasteiger partial charge in [-0.25, -0.2) is 0 Å². The van der Waals surface area contributed by atoms with E-state index in [0.717, 1.165) is 11.1 Å². The molecule has 0 aliphatic rings. The fraction of sp³-hybridized carbons (Fsp3) is 0. The van der Waals surface area contributed by atoms with Crippen LogP contribution in [0.1, 0.15) is 0 Å². The van der Waals surface area contributed by atoms with Crippen LogP contribution in [0.15, 0.2) is 36.4 Å². The Balaban J connectivity index is 2.53.